The molecule has 5 heteroatoms. The summed E-state index contributed by atoms with van der Waals surface area (Å²) >= 11 is 0. The number of aldehydes is 1. The lowest BCUT2D eigenvalue weighted by Gasteiger charge is -2.30. The van der Waals surface area contributed by atoms with Gasteiger partial charge in [0.1, 0.15) is 6.29 Å². The van der Waals surface area contributed by atoms with Crippen molar-refractivity contribution >= 4 is 16.1 Å². The lowest BCUT2D eigenvalue weighted by Crippen LogP contribution is -2.38. The van der Waals surface area contributed by atoms with Crippen LogP contribution >= 0.6 is 0 Å². The van der Waals surface area contributed by atoms with Gasteiger partial charge in [-0.15, -0.1) is 0 Å². The average Bonchev–Trinajstić information content (AvgIpc) is 2.68. The van der Waals surface area contributed by atoms with Gasteiger partial charge < -0.3 is 9.69 Å². The number of nitrogens with zero attached hydrogens (tertiary/aromatic N) is 1. The average molecular weight is 259 g/mol. The molecule has 4 nitrogen and oxygen atoms in total. The third kappa shape index (κ3) is 3.28. The predicted octanol–water partition coefficient (Wildman–Crippen LogP) is 0.866. The Labute approximate surface area is 103 Å². The van der Waals surface area contributed by atoms with E-state index in [-0.39, 0.29) is 11.2 Å². The highest BCUT2D eigenvalue weighted by Crippen LogP contribution is 2.37. The van der Waals surface area contributed by atoms with Crippen LogP contribution < -0.4 is 0 Å². The fourth-order valence-electron chi connectivity index (χ4n) is 2.99. The number of rotatable bonds is 3. The Bertz CT molecular complexity index is 371. The third-order valence-corrected chi connectivity index (χ3v) is 5.75. The number of carbonyl (C=O) groups excluding carboxylic acids is 1. The van der Waals surface area contributed by atoms with Crippen LogP contribution in [0.25, 0.3) is 0 Å². The molecule has 0 atom stereocenters. The highest BCUT2D eigenvalue weighted by molar-refractivity contribution is 7.91. The van der Waals surface area contributed by atoms with E-state index in [2.05, 4.69) is 4.90 Å². The smallest absolute Gasteiger partial charge is 0.151 e. The molecule has 2 rings (SSSR count). The van der Waals surface area contributed by atoms with E-state index in [9.17, 15) is 13.2 Å². The van der Waals surface area contributed by atoms with Crippen molar-refractivity contribution in [3.05, 3.63) is 0 Å². The molecule has 1 aliphatic heterocycles. The van der Waals surface area contributed by atoms with Gasteiger partial charge in [0.15, 0.2) is 9.84 Å². The van der Waals surface area contributed by atoms with Crippen molar-refractivity contribution in [3.63, 3.8) is 0 Å². The van der Waals surface area contributed by atoms with Crippen LogP contribution in [0, 0.1) is 5.41 Å². The summed E-state index contributed by atoms with van der Waals surface area (Å²) < 4.78 is 23.0. The Morgan fingerprint density at radius 3 is 2.41 bits per heavy atom. The molecule has 1 heterocycles. The molecule has 0 amide bonds. The van der Waals surface area contributed by atoms with E-state index >= 15 is 0 Å². The molecule has 1 saturated heterocycles. The maximum Gasteiger partial charge on any atom is 0.151 e. The maximum atomic E-state index is 11.5. The van der Waals surface area contributed by atoms with Crippen molar-refractivity contribution in [1.29, 1.82) is 0 Å². The number of carbonyl (C=O) groups is 1. The van der Waals surface area contributed by atoms with Gasteiger partial charge in [-0.2, -0.15) is 0 Å². The van der Waals surface area contributed by atoms with Crippen LogP contribution in [0.4, 0.5) is 0 Å². The van der Waals surface area contributed by atoms with Gasteiger partial charge in [0.25, 0.3) is 0 Å². The van der Waals surface area contributed by atoms with Gasteiger partial charge in [0.05, 0.1) is 11.5 Å². The van der Waals surface area contributed by atoms with Crippen LogP contribution in [-0.4, -0.2) is 50.7 Å². The molecule has 1 saturated carbocycles. The van der Waals surface area contributed by atoms with Gasteiger partial charge in [-0.25, -0.2) is 8.42 Å². The summed E-state index contributed by atoms with van der Waals surface area (Å²) in [6.07, 6.45) is 6.02. The molecular formula is C12H21NO3S. The fraction of sp³-hybridized carbons (Fsp3) is 0.917. The van der Waals surface area contributed by atoms with Crippen LogP contribution in [-0.2, 0) is 14.6 Å². The van der Waals surface area contributed by atoms with Crippen LogP contribution in [0.15, 0.2) is 0 Å². The van der Waals surface area contributed by atoms with Crippen molar-refractivity contribution in [3.8, 4) is 0 Å². The molecular weight excluding hydrogens is 238 g/mol. The molecule has 0 aromatic rings. The molecule has 2 fully saturated rings. The molecule has 0 unspecified atom stereocenters. The molecule has 0 radical (unpaired) electrons. The van der Waals surface area contributed by atoms with Gasteiger partial charge >= 0.3 is 0 Å². The topological polar surface area (TPSA) is 54.5 Å². The maximum absolute atomic E-state index is 11.5. The van der Waals surface area contributed by atoms with E-state index in [0.29, 0.717) is 18.7 Å². The molecule has 0 bridgehead atoms. The molecule has 1 aliphatic carbocycles. The molecule has 0 spiro atoms. The number of hydrogen-bond donors (Lipinski definition) is 0. The minimum Gasteiger partial charge on any atom is -0.303 e. The second-order valence-electron chi connectivity index (χ2n) is 5.47. The fourth-order valence-corrected chi connectivity index (χ4v) is 4.30. The lowest BCUT2D eigenvalue weighted by atomic mass is 9.87. The van der Waals surface area contributed by atoms with Crippen molar-refractivity contribution in [2.24, 2.45) is 5.41 Å². The van der Waals surface area contributed by atoms with Gasteiger partial charge in [0, 0.05) is 18.5 Å². The molecule has 0 aromatic heterocycles. The highest BCUT2D eigenvalue weighted by atomic mass is 32.2. The molecule has 0 aromatic carbocycles. The van der Waals surface area contributed by atoms with E-state index in [0.717, 1.165) is 45.1 Å². The van der Waals surface area contributed by atoms with Gasteiger partial charge in [0.2, 0.25) is 0 Å². The molecule has 98 valence electrons. The normalized spacial score (nSPS) is 28.7. The van der Waals surface area contributed by atoms with Gasteiger partial charge in [-0.3, -0.25) is 0 Å². The van der Waals surface area contributed by atoms with Crippen molar-refractivity contribution in [1.82, 2.24) is 4.90 Å². The Morgan fingerprint density at radius 2 is 1.76 bits per heavy atom. The van der Waals surface area contributed by atoms with E-state index < -0.39 is 9.84 Å². The quantitative estimate of drug-likeness (QED) is 0.706. The summed E-state index contributed by atoms with van der Waals surface area (Å²) in [5.74, 6) is 0.555. The summed E-state index contributed by atoms with van der Waals surface area (Å²) in [6, 6.07) is 0. The molecule has 2 aliphatic rings. The summed E-state index contributed by atoms with van der Waals surface area (Å²) in [7, 11) is -2.84. The zero-order chi connectivity index (χ0) is 12.4. The molecule has 0 N–H and O–H groups in total. The summed E-state index contributed by atoms with van der Waals surface area (Å²) in [4.78, 5) is 13.4. The standard InChI is InChI=1S/C12H21NO3S/c14-11-12(4-1-2-5-12)10-13-6-3-8-17(15,16)9-7-13/h11H,1-10H2. The second-order valence-corrected chi connectivity index (χ2v) is 7.77. The first-order valence-electron chi connectivity index (χ1n) is 6.44. The van der Waals surface area contributed by atoms with E-state index in [1.165, 1.54) is 0 Å². The van der Waals surface area contributed by atoms with Crippen molar-refractivity contribution in [2.45, 2.75) is 32.1 Å². The van der Waals surface area contributed by atoms with E-state index in [4.69, 9.17) is 0 Å². The third-order valence-electron chi connectivity index (χ3n) is 4.04. The van der Waals surface area contributed by atoms with Crippen molar-refractivity contribution < 1.29 is 13.2 Å². The Morgan fingerprint density at radius 1 is 1.06 bits per heavy atom. The van der Waals surface area contributed by atoms with Gasteiger partial charge in [-0.05, 0) is 25.8 Å². The van der Waals surface area contributed by atoms with Crippen LogP contribution in [0.1, 0.15) is 32.1 Å². The van der Waals surface area contributed by atoms with E-state index in [1.807, 2.05) is 0 Å². The summed E-state index contributed by atoms with van der Waals surface area (Å²) in [6.45, 7) is 2.17. The zero-order valence-electron chi connectivity index (χ0n) is 10.2. The largest absolute Gasteiger partial charge is 0.303 e. The first-order valence-corrected chi connectivity index (χ1v) is 8.27. The second kappa shape index (κ2) is 5.06. The van der Waals surface area contributed by atoms with E-state index in [1.54, 1.807) is 0 Å². The summed E-state index contributed by atoms with van der Waals surface area (Å²) in [5, 5.41) is 0. The first-order chi connectivity index (χ1) is 8.05. The number of hydrogen-bond acceptors (Lipinski definition) is 4. The first kappa shape index (κ1) is 13.0. The Kier molecular flexibility index (Phi) is 3.88. The zero-order valence-corrected chi connectivity index (χ0v) is 11.0. The SMILES string of the molecule is O=CC1(CN2CCCS(=O)(=O)CC2)CCCC1. The van der Waals surface area contributed by atoms with Crippen LogP contribution in [0.2, 0.25) is 0 Å². The predicted molar refractivity (Wildman–Crippen MR) is 66.7 cm³/mol. The van der Waals surface area contributed by atoms with Crippen molar-refractivity contribution in [2.75, 3.05) is 31.1 Å². The minimum atomic E-state index is -2.84. The molecule has 17 heavy (non-hydrogen) atoms. The van der Waals surface area contributed by atoms with Gasteiger partial charge in [-0.1, -0.05) is 12.8 Å². The minimum absolute atomic E-state index is 0.186. The Balaban J connectivity index is 1.96. The lowest BCUT2D eigenvalue weighted by molar-refractivity contribution is -0.117. The number of sulfone groups is 1. The summed E-state index contributed by atoms with van der Waals surface area (Å²) in [5.41, 5.74) is -0.186. The van der Waals surface area contributed by atoms with Crippen LogP contribution in [0.3, 0.4) is 0 Å². The Hall–Kier alpha value is -0.420. The highest BCUT2D eigenvalue weighted by Gasteiger charge is 2.35. The monoisotopic (exact) mass is 259 g/mol. The van der Waals surface area contributed by atoms with Crippen LogP contribution in [0.5, 0.6) is 0 Å².